The zero-order valence-electron chi connectivity index (χ0n) is 11.4. The zero-order valence-corrected chi connectivity index (χ0v) is 12.9. The Bertz CT molecular complexity index is 646. The molecule has 1 heterocycles. The molecule has 1 N–H and O–H groups in total. The van der Waals surface area contributed by atoms with Crippen molar-refractivity contribution >= 4 is 28.9 Å². The van der Waals surface area contributed by atoms with Crippen molar-refractivity contribution in [2.24, 2.45) is 0 Å². The lowest BCUT2D eigenvalue weighted by atomic mass is 10.1. The van der Waals surface area contributed by atoms with Crippen molar-refractivity contribution in [2.75, 3.05) is 18.5 Å². The molecule has 0 spiro atoms. The molecule has 5 heteroatoms. The fourth-order valence-electron chi connectivity index (χ4n) is 2.22. The molecule has 1 aliphatic heterocycles. The van der Waals surface area contributed by atoms with E-state index in [-0.39, 0.29) is 0 Å². The van der Waals surface area contributed by atoms with Gasteiger partial charge >= 0.3 is 0 Å². The van der Waals surface area contributed by atoms with Crippen LogP contribution in [-0.4, -0.2) is 13.2 Å². The fraction of sp³-hybridized carbons (Fsp3) is 0.250. The Morgan fingerprint density at radius 2 is 1.81 bits per heavy atom. The van der Waals surface area contributed by atoms with Crippen LogP contribution in [0.15, 0.2) is 36.4 Å². The summed E-state index contributed by atoms with van der Waals surface area (Å²) in [5, 5.41) is 4.35. The van der Waals surface area contributed by atoms with Gasteiger partial charge in [-0.3, -0.25) is 0 Å². The maximum Gasteiger partial charge on any atom is 0.166 e. The molecular weight excluding hydrogens is 309 g/mol. The maximum absolute atomic E-state index is 6.18. The third-order valence-electron chi connectivity index (χ3n) is 3.27. The third-order valence-corrected chi connectivity index (χ3v) is 4.09. The maximum atomic E-state index is 6.18. The molecule has 3 nitrogen and oxygen atoms in total. The molecule has 110 valence electrons. The normalized spacial score (nSPS) is 13.6. The molecule has 0 unspecified atom stereocenters. The summed E-state index contributed by atoms with van der Waals surface area (Å²) in [6, 6.07) is 11.4. The fourth-order valence-corrected chi connectivity index (χ4v) is 2.59. The van der Waals surface area contributed by atoms with Crippen LogP contribution in [0.4, 0.5) is 5.69 Å². The van der Waals surface area contributed by atoms with Crippen molar-refractivity contribution in [1.82, 2.24) is 0 Å². The standard InChI is InChI=1S/C16H15Cl2NO2/c17-12-5-2-6-13(15(12)18)19-10-11-4-1-7-14-16(11)21-9-3-8-20-14/h1-2,4-7,19H,3,8-10H2. The van der Waals surface area contributed by atoms with E-state index in [1.54, 1.807) is 6.07 Å². The van der Waals surface area contributed by atoms with Gasteiger partial charge in [0, 0.05) is 18.5 Å². The summed E-state index contributed by atoms with van der Waals surface area (Å²) < 4.78 is 11.5. The molecule has 2 aromatic rings. The van der Waals surface area contributed by atoms with Crippen LogP contribution in [0.25, 0.3) is 0 Å². The number of hydrogen-bond acceptors (Lipinski definition) is 3. The summed E-state index contributed by atoms with van der Waals surface area (Å²) in [6.07, 6.45) is 0.891. The molecule has 0 bridgehead atoms. The van der Waals surface area contributed by atoms with E-state index in [1.165, 1.54) is 0 Å². The van der Waals surface area contributed by atoms with Crippen LogP contribution in [0.5, 0.6) is 11.5 Å². The summed E-state index contributed by atoms with van der Waals surface area (Å²) in [7, 11) is 0. The first-order valence-electron chi connectivity index (χ1n) is 6.81. The molecular formula is C16H15Cl2NO2. The number of benzene rings is 2. The van der Waals surface area contributed by atoms with Gasteiger partial charge in [0.05, 0.1) is 28.9 Å². The second-order valence-corrected chi connectivity index (χ2v) is 5.53. The molecule has 0 saturated carbocycles. The average molecular weight is 324 g/mol. The molecule has 0 aliphatic carbocycles. The van der Waals surface area contributed by atoms with Crippen molar-refractivity contribution in [1.29, 1.82) is 0 Å². The lowest BCUT2D eigenvalue weighted by Gasteiger charge is -2.14. The molecule has 21 heavy (non-hydrogen) atoms. The lowest BCUT2D eigenvalue weighted by Crippen LogP contribution is -2.04. The van der Waals surface area contributed by atoms with Gasteiger partial charge in [-0.15, -0.1) is 0 Å². The number of ether oxygens (including phenoxy) is 2. The van der Waals surface area contributed by atoms with Gasteiger partial charge in [-0.2, -0.15) is 0 Å². The number of anilines is 1. The molecule has 2 aromatic carbocycles. The van der Waals surface area contributed by atoms with Crippen molar-refractivity contribution in [3.05, 3.63) is 52.0 Å². The van der Waals surface area contributed by atoms with Gasteiger partial charge in [0.2, 0.25) is 0 Å². The van der Waals surface area contributed by atoms with Crippen molar-refractivity contribution in [3.8, 4) is 11.5 Å². The highest BCUT2D eigenvalue weighted by Gasteiger charge is 2.14. The van der Waals surface area contributed by atoms with E-state index in [0.29, 0.717) is 29.8 Å². The first-order valence-corrected chi connectivity index (χ1v) is 7.56. The molecule has 0 atom stereocenters. The van der Waals surface area contributed by atoms with Crippen molar-refractivity contribution in [3.63, 3.8) is 0 Å². The monoisotopic (exact) mass is 323 g/mol. The molecule has 0 amide bonds. The number of hydrogen-bond donors (Lipinski definition) is 1. The Labute approximate surface area is 133 Å². The Hall–Kier alpha value is -1.58. The van der Waals surface area contributed by atoms with E-state index < -0.39 is 0 Å². The van der Waals surface area contributed by atoms with Crippen LogP contribution in [0, 0.1) is 0 Å². The van der Waals surface area contributed by atoms with Gasteiger partial charge in [0.15, 0.2) is 11.5 Å². The highest BCUT2D eigenvalue weighted by atomic mass is 35.5. The molecule has 0 aromatic heterocycles. The number of fused-ring (bicyclic) bond motifs is 1. The van der Waals surface area contributed by atoms with Crippen LogP contribution in [0.1, 0.15) is 12.0 Å². The minimum absolute atomic E-state index is 0.526. The van der Waals surface area contributed by atoms with Crippen LogP contribution in [0.3, 0.4) is 0 Å². The first-order chi connectivity index (χ1) is 10.3. The van der Waals surface area contributed by atoms with E-state index in [2.05, 4.69) is 5.32 Å². The summed E-state index contributed by atoms with van der Waals surface area (Å²) in [5.74, 6) is 1.60. The van der Waals surface area contributed by atoms with E-state index in [0.717, 1.165) is 29.2 Å². The summed E-state index contributed by atoms with van der Waals surface area (Å²) in [4.78, 5) is 0. The molecule has 0 saturated heterocycles. The predicted octanol–water partition coefficient (Wildman–Crippen LogP) is 4.77. The highest BCUT2D eigenvalue weighted by Crippen LogP contribution is 2.35. The minimum Gasteiger partial charge on any atom is -0.490 e. The number of rotatable bonds is 3. The van der Waals surface area contributed by atoms with Gasteiger partial charge in [-0.25, -0.2) is 0 Å². The smallest absolute Gasteiger partial charge is 0.166 e. The van der Waals surface area contributed by atoms with Crippen LogP contribution in [0.2, 0.25) is 10.0 Å². The van der Waals surface area contributed by atoms with E-state index in [9.17, 15) is 0 Å². The average Bonchev–Trinajstić information content (AvgIpc) is 2.74. The van der Waals surface area contributed by atoms with E-state index in [1.807, 2.05) is 30.3 Å². The quantitative estimate of drug-likeness (QED) is 0.882. The van der Waals surface area contributed by atoms with Gasteiger partial charge < -0.3 is 14.8 Å². The largest absolute Gasteiger partial charge is 0.490 e. The molecule has 0 radical (unpaired) electrons. The third kappa shape index (κ3) is 3.20. The Morgan fingerprint density at radius 3 is 2.71 bits per heavy atom. The molecule has 0 fully saturated rings. The Morgan fingerprint density at radius 1 is 1.00 bits per heavy atom. The minimum atomic E-state index is 0.526. The number of nitrogens with one attached hydrogen (secondary N) is 1. The first kappa shape index (κ1) is 14.4. The van der Waals surface area contributed by atoms with Crippen LogP contribution < -0.4 is 14.8 Å². The van der Waals surface area contributed by atoms with Gasteiger partial charge in [-0.05, 0) is 18.2 Å². The van der Waals surface area contributed by atoms with Crippen molar-refractivity contribution < 1.29 is 9.47 Å². The van der Waals surface area contributed by atoms with Gasteiger partial charge in [-0.1, -0.05) is 41.4 Å². The lowest BCUT2D eigenvalue weighted by molar-refractivity contribution is 0.296. The highest BCUT2D eigenvalue weighted by molar-refractivity contribution is 6.43. The molecule has 1 aliphatic rings. The van der Waals surface area contributed by atoms with E-state index in [4.69, 9.17) is 32.7 Å². The second kappa shape index (κ2) is 6.46. The van der Waals surface area contributed by atoms with Crippen LogP contribution >= 0.6 is 23.2 Å². The number of para-hydroxylation sites is 1. The summed E-state index contributed by atoms with van der Waals surface area (Å²) >= 11 is 12.2. The Balaban J connectivity index is 1.81. The van der Waals surface area contributed by atoms with Gasteiger partial charge in [0.25, 0.3) is 0 Å². The second-order valence-electron chi connectivity index (χ2n) is 4.75. The van der Waals surface area contributed by atoms with Crippen LogP contribution in [-0.2, 0) is 6.54 Å². The summed E-state index contributed by atoms with van der Waals surface area (Å²) in [6.45, 7) is 1.94. The zero-order chi connectivity index (χ0) is 14.7. The van der Waals surface area contributed by atoms with E-state index >= 15 is 0 Å². The SMILES string of the molecule is Clc1cccc(NCc2cccc3c2OCCCO3)c1Cl. The number of halogens is 2. The molecule has 3 rings (SSSR count). The Kier molecular flexibility index (Phi) is 4.42. The summed E-state index contributed by atoms with van der Waals surface area (Å²) in [5.41, 5.74) is 1.83. The van der Waals surface area contributed by atoms with Gasteiger partial charge in [0.1, 0.15) is 0 Å². The predicted molar refractivity (Wildman–Crippen MR) is 85.8 cm³/mol. The topological polar surface area (TPSA) is 30.5 Å². The van der Waals surface area contributed by atoms with Crippen molar-refractivity contribution in [2.45, 2.75) is 13.0 Å².